The van der Waals surface area contributed by atoms with Gasteiger partial charge in [0.2, 0.25) is 0 Å². The Labute approximate surface area is 140 Å². The molecule has 2 atom stereocenters. The summed E-state index contributed by atoms with van der Waals surface area (Å²) in [6, 6.07) is 3.21. The number of aromatic hydroxyl groups is 1. The number of hydrogen-bond acceptors (Lipinski definition) is 5. The third-order valence-corrected chi connectivity index (χ3v) is 4.95. The lowest BCUT2D eigenvalue weighted by Crippen LogP contribution is -2.20. The van der Waals surface area contributed by atoms with E-state index in [4.69, 9.17) is 4.74 Å². The summed E-state index contributed by atoms with van der Waals surface area (Å²) >= 11 is 0. The molecule has 6 nitrogen and oxygen atoms in total. The van der Waals surface area contributed by atoms with Crippen LogP contribution >= 0.6 is 0 Å². The minimum Gasteiger partial charge on any atom is -0.506 e. The molecule has 1 N–H and O–H groups in total. The van der Waals surface area contributed by atoms with Crippen molar-refractivity contribution in [2.45, 2.75) is 44.9 Å². The number of aromatic nitrogens is 2. The number of nitrogens with zero attached hydrogens (tertiary/aromatic N) is 2. The van der Waals surface area contributed by atoms with Gasteiger partial charge in [0, 0.05) is 18.8 Å². The van der Waals surface area contributed by atoms with Crippen LogP contribution < -0.4 is 0 Å². The molecule has 1 aliphatic carbocycles. The smallest absolute Gasteiger partial charge is 0.341 e. The largest absolute Gasteiger partial charge is 0.506 e. The maximum absolute atomic E-state index is 12.2. The predicted molar refractivity (Wildman–Crippen MR) is 88.2 cm³/mol. The van der Waals surface area contributed by atoms with Gasteiger partial charge < -0.3 is 9.84 Å². The molecular formula is C18H22N2O4. The van der Waals surface area contributed by atoms with Gasteiger partial charge in [-0.1, -0.05) is 19.8 Å². The van der Waals surface area contributed by atoms with Crippen molar-refractivity contribution in [1.82, 2.24) is 9.61 Å². The van der Waals surface area contributed by atoms with Crippen LogP contribution in [0.2, 0.25) is 0 Å². The van der Waals surface area contributed by atoms with E-state index in [1.807, 2.05) is 0 Å². The fourth-order valence-electron chi connectivity index (χ4n) is 3.58. The molecule has 1 aliphatic rings. The number of ketones is 1. The number of pyridine rings is 1. The summed E-state index contributed by atoms with van der Waals surface area (Å²) in [7, 11) is 1.32. The molecule has 128 valence electrons. The number of rotatable bonds is 2. The van der Waals surface area contributed by atoms with E-state index >= 15 is 0 Å². The van der Waals surface area contributed by atoms with E-state index in [2.05, 4.69) is 12.0 Å². The van der Waals surface area contributed by atoms with Crippen LogP contribution in [0, 0.1) is 5.92 Å². The molecule has 24 heavy (non-hydrogen) atoms. The van der Waals surface area contributed by atoms with Gasteiger partial charge in [-0.2, -0.15) is 5.10 Å². The van der Waals surface area contributed by atoms with E-state index in [-0.39, 0.29) is 23.4 Å². The first-order chi connectivity index (χ1) is 11.5. The fourth-order valence-corrected chi connectivity index (χ4v) is 3.58. The van der Waals surface area contributed by atoms with Crippen molar-refractivity contribution in [3.05, 3.63) is 29.6 Å². The molecule has 0 amide bonds. The molecule has 6 heteroatoms. The summed E-state index contributed by atoms with van der Waals surface area (Å²) in [4.78, 5) is 24.1. The number of carbonyl (C=O) groups is 2. The highest BCUT2D eigenvalue weighted by atomic mass is 16.5. The Morgan fingerprint density at radius 2 is 2.17 bits per heavy atom. The van der Waals surface area contributed by atoms with Gasteiger partial charge in [0.1, 0.15) is 17.1 Å². The lowest BCUT2D eigenvalue weighted by atomic mass is 9.80. The van der Waals surface area contributed by atoms with E-state index in [1.54, 1.807) is 16.6 Å². The monoisotopic (exact) mass is 330 g/mol. The molecule has 2 unspecified atom stereocenters. The van der Waals surface area contributed by atoms with Crippen molar-refractivity contribution < 1.29 is 19.4 Å². The van der Waals surface area contributed by atoms with Crippen LogP contribution in [-0.2, 0) is 9.53 Å². The third kappa shape index (κ3) is 2.88. The van der Waals surface area contributed by atoms with Crippen molar-refractivity contribution in [2.75, 3.05) is 7.11 Å². The van der Waals surface area contributed by atoms with Crippen molar-refractivity contribution in [3.8, 4) is 5.75 Å². The Hall–Kier alpha value is -2.37. The third-order valence-electron chi connectivity index (χ3n) is 4.95. The number of methoxy groups -OCH3 is 1. The zero-order valence-corrected chi connectivity index (χ0v) is 14.0. The summed E-state index contributed by atoms with van der Waals surface area (Å²) in [6.45, 7) is 2.10. The lowest BCUT2D eigenvalue weighted by Gasteiger charge is -2.27. The molecular weight excluding hydrogens is 308 g/mol. The van der Waals surface area contributed by atoms with Crippen molar-refractivity contribution >= 4 is 17.3 Å². The van der Waals surface area contributed by atoms with Gasteiger partial charge in [0.25, 0.3) is 0 Å². The van der Waals surface area contributed by atoms with Gasteiger partial charge in [-0.05, 0) is 24.5 Å². The highest BCUT2D eigenvalue weighted by Crippen LogP contribution is 2.38. The fraction of sp³-hybridized carbons (Fsp3) is 0.500. The normalized spacial score (nSPS) is 22.2. The molecule has 3 rings (SSSR count). The first-order valence-electron chi connectivity index (χ1n) is 8.32. The Bertz CT molecular complexity index is 781. The lowest BCUT2D eigenvalue weighted by molar-refractivity contribution is -0.120. The predicted octanol–water partition coefficient (Wildman–Crippen LogP) is 3.08. The number of ether oxygens (including phenoxy) is 1. The summed E-state index contributed by atoms with van der Waals surface area (Å²) in [5.74, 6) is -0.0256. The Kier molecular flexibility index (Phi) is 4.55. The molecule has 0 saturated heterocycles. The second kappa shape index (κ2) is 6.63. The molecule has 1 fully saturated rings. The highest BCUT2D eigenvalue weighted by molar-refractivity contribution is 5.96. The first-order valence-corrected chi connectivity index (χ1v) is 8.32. The van der Waals surface area contributed by atoms with Crippen LogP contribution in [0.15, 0.2) is 18.3 Å². The average molecular weight is 330 g/mol. The van der Waals surface area contributed by atoms with Crippen LogP contribution in [-0.4, -0.2) is 33.6 Å². The molecule has 0 bridgehead atoms. The van der Waals surface area contributed by atoms with E-state index in [0.29, 0.717) is 29.6 Å². The topological polar surface area (TPSA) is 80.9 Å². The Morgan fingerprint density at radius 1 is 1.38 bits per heavy atom. The summed E-state index contributed by atoms with van der Waals surface area (Å²) < 4.78 is 6.37. The van der Waals surface area contributed by atoms with Crippen molar-refractivity contribution in [2.24, 2.45) is 5.92 Å². The van der Waals surface area contributed by atoms with E-state index in [1.165, 1.54) is 13.3 Å². The van der Waals surface area contributed by atoms with Gasteiger partial charge in [-0.3, -0.25) is 4.79 Å². The number of fused-ring (bicyclic) bond motifs is 1. The molecule has 1 saturated carbocycles. The second-order valence-electron chi connectivity index (χ2n) is 6.52. The maximum atomic E-state index is 12.2. The molecule has 2 aromatic rings. The molecule has 2 heterocycles. The second-order valence-corrected chi connectivity index (χ2v) is 6.52. The summed E-state index contributed by atoms with van der Waals surface area (Å²) in [5.41, 5.74) is 1.53. The average Bonchev–Trinajstić information content (AvgIpc) is 2.98. The van der Waals surface area contributed by atoms with Crippen LogP contribution in [0.5, 0.6) is 5.75 Å². The highest BCUT2D eigenvalue weighted by Gasteiger charge is 2.29. The molecule has 0 aromatic carbocycles. The van der Waals surface area contributed by atoms with E-state index in [0.717, 1.165) is 19.3 Å². The minimum absolute atomic E-state index is 0.104. The van der Waals surface area contributed by atoms with Gasteiger partial charge in [0.15, 0.2) is 0 Å². The van der Waals surface area contributed by atoms with E-state index < -0.39 is 5.97 Å². The Morgan fingerprint density at radius 3 is 2.92 bits per heavy atom. The number of hydrogen-bond donors (Lipinski definition) is 1. The minimum atomic E-state index is -0.469. The first kappa shape index (κ1) is 16.5. The summed E-state index contributed by atoms with van der Waals surface area (Å²) in [6.07, 6.45) is 5.36. The zero-order chi connectivity index (χ0) is 17.3. The van der Waals surface area contributed by atoms with Gasteiger partial charge in [-0.15, -0.1) is 0 Å². The molecule has 0 radical (unpaired) electrons. The number of esters is 1. The van der Waals surface area contributed by atoms with Crippen LogP contribution in [0.1, 0.15) is 61.0 Å². The maximum Gasteiger partial charge on any atom is 0.341 e. The van der Waals surface area contributed by atoms with Gasteiger partial charge in [-0.25, -0.2) is 9.31 Å². The molecule has 0 spiro atoms. The molecule has 2 aromatic heterocycles. The number of carbonyl (C=O) groups excluding carboxylic acids is 2. The Balaban J connectivity index is 2.13. The van der Waals surface area contributed by atoms with Crippen LogP contribution in [0.4, 0.5) is 0 Å². The van der Waals surface area contributed by atoms with Gasteiger partial charge in [0.05, 0.1) is 24.5 Å². The molecule has 0 aliphatic heterocycles. The van der Waals surface area contributed by atoms with Crippen LogP contribution in [0.25, 0.3) is 5.52 Å². The van der Waals surface area contributed by atoms with Crippen molar-refractivity contribution in [3.63, 3.8) is 0 Å². The quantitative estimate of drug-likeness (QED) is 0.856. The van der Waals surface area contributed by atoms with E-state index in [9.17, 15) is 14.7 Å². The standard InChI is InChI=1S/C18H22N2O4/c1-11-5-3-4-6-12(21)9-13(11)17-16(22)8-7-15-14(18(23)24-2)10-19-20(15)17/h7-8,10-11,13,22H,3-6,9H2,1-2H3. The number of Topliss-reactive ketones (excluding diaryl/α,β-unsaturated/α-hetero) is 1. The van der Waals surface area contributed by atoms with Crippen molar-refractivity contribution in [1.29, 1.82) is 0 Å². The van der Waals surface area contributed by atoms with Crippen LogP contribution in [0.3, 0.4) is 0 Å². The van der Waals surface area contributed by atoms with Gasteiger partial charge >= 0.3 is 5.97 Å². The SMILES string of the molecule is COC(=O)c1cnn2c(C3CC(=O)CCCCC3C)c(O)ccc12. The zero-order valence-electron chi connectivity index (χ0n) is 14.0. The summed E-state index contributed by atoms with van der Waals surface area (Å²) in [5, 5.41) is 14.7.